The summed E-state index contributed by atoms with van der Waals surface area (Å²) in [4.78, 5) is 15.4. The molecule has 53 heavy (non-hydrogen) atoms. The molecule has 6 nitrogen and oxygen atoms in total. The summed E-state index contributed by atoms with van der Waals surface area (Å²) >= 11 is 1.38. The minimum atomic E-state index is -3.21. The van der Waals surface area contributed by atoms with E-state index in [0.29, 0.717) is 17.1 Å². The molecule has 0 saturated carbocycles. The van der Waals surface area contributed by atoms with Crippen molar-refractivity contribution in [1.29, 1.82) is 0 Å². The minimum Gasteiger partial charge on any atom is -0.542 e. The minimum absolute atomic E-state index is 0.105. The Bertz CT molecular complexity index is 1820. The molecule has 0 amide bonds. The van der Waals surface area contributed by atoms with Crippen LogP contribution in [0.5, 0.6) is 11.5 Å². The van der Waals surface area contributed by atoms with Crippen molar-refractivity contribution in [3.8, 4) is 11.5 Å². The van der Waals surface area contributed by atoms with Gasteiger partial charge < -0.3 is 23.4 Å². The number of esters is 1. The lowest BCUT2D eigenvalue weighted by Gasteiger charge is -2.51. The van der Waals surface area contributed by atoms with E-state index in [9.17, 15) is 9.90 Å². The Hall–Kier alpha value is -3.35. The average molecular weight is 769 g/mol. The van der Waals surface area contributed by atoms with Gasteiger partial charge in [0.15, 0.2) is 4.75 Å². The first kappa shape index (κ1) is 39.4. The Labute approximate surface area is 322 Å². The SMILES string of the molecule is COc1cc(O[Si](C(C)C)(C(C)C)C(C)C)c2c(c1)[C@@H](O[Si](c1ccccc1)(c1ccccc1)C(C)(C)C)[C@@H]1COC(=O)[C@]1(Sc1ccccc1)[C@@H]2O. The van der Waals surface area contributed by atoms with E-state index in [1.807, 2.05) is 54.6 Å². The van der Waals surface area contributed by atoms with Gasteiger partial charge in [-0.2, -0.15) is 0 Å². The fraction of sp³-hybridized carbons (Fsp3) is 0.432. The van der Waals surface area contributed by atoms with Crippen molar-refractivity contribution in [2.45, 2.75) is 106 Å². The Morgan fingerprint density at radius 3 is 1.79 bits per heavy atom. The van der Waals surface area contributed by atoms with E-state index in [1.54, 1.807) is 7.11 Å². The lowest BCUT2D eigenvalue weighted by atomic mass is 9.72. The quantitative estimate of drug-likeness (QED) is 0.114. The standard InChI is InChI=1S/C44H56O6SSi2/c1-29(2)52(30(3)4,31(5)6)49-38-27-32(47-10)26-36-39(38)41(45)44(51-33-20-14-11-15-21-33)37(28-48-42(44)46)40(36)50-53(43(7,8)9,34-22-16-12-17-23-34)35-24-18-13-19-25-35/h11-27,29-31,37,40-41,45H,28H2,1-10H3/t37-,40+,41+,44+/m0/s1. The van der Waals surface area contributed by atoms with E-state index in [4.69, 9.17) is 18.3 Å². The van der Waals surface area contributed by atoms with Crippen molar-refractivity contribution in [3.63, 3.8) is 0 Å². The van der Waals surface area contributed by atoms with Crippen LogP contribution in [-0.2, 0) is 14.0 Å². The van der Waals surface area contributed by atoms with E-state index in [-0.39, 0.29) is 28.3 Å². The first-order chi connectivity index (χ1) is 25.1. The maximum Gasteiger partial charge on any atom is 0.326 e. The molecule has 4 aromatic carbocycles. The summed E-state index contributed by atoms with van der Waals surface area (Å²) in [5.74, 6) is 0.213. The molecule has 4 atom stereocenters. The largest absolute Gasteiger partial charge is 0.542 e. The molecule has 1 fully saturated rings. The van der Waals surface area contributed by atoms with Crippen LogP contribution in [-0.4, -0.2) is 46.2 Å². The lowest BCUT2D eigenvalue weighted by molar-refractivity contribution is -0.142. The third-order valence-corrected chi connectivity index (χ3v) is 24.3. The summed E-state index contributed by atoms with van der Waals surface area (Å²) in [6.45, 7) is 20.4. The van der Waals surface area contributed by atoms with Gasteiger partial charge in [-0.25, -0.2) is 0 Å². The van der Waals surface area contributed by atoms with Gasteiger partial charge in [0.05, 0.1) is 25.7 Å². The Morgan fingerprint density at radius 2 is 1.32 bits per heavy atom. The molecule has 0 bridgehead atoms. The van der Waals surface area contributed by atoms with E-state index < -0.39 is 45.5 Å². The van der Waals surface area contributed by atoms with Gasteiger partial charge in [0.2, 0.25) is 0 Å². The molecule has 1 N–H and O–H groups in total. The molecule has 1 aliphatic heterocycles. The zero-order valence-corrected chi connectivity index (χ0v) is 35.7. The van der Waals surface area contributed by atoms with Gasteiger partial charge in [-0.3, -0.25) is 4.79 Å². The number of aliphatic hydroxyl groups excluding tert-OH is 1. The molecule has 0 spiro atoms. The Balaban J connectivity index is 1.70. The second-order valence-electron chi connectivity index (χ2n) is 16.6. The van der Waals surface area contributed by atoms with Crippen molar-refractivity contribution in [2.75, 3.05) is 13.7 Å². The number of fused-ring (bicyclic) bond motifs is 2. The van der Waals surface area contributed by atoms with Crippen LogP contribution in [0.25, 0.3) is 0 Å². The number of methoxy groups -OCH3 is 1. The van der Waals surface area contributed by atoms with E-state index in [2.05, 4.69) is 111 Å². The number of benzene rings is 4. The van der Waals surface area contributed by atoms with Crippen molar-refractivity contribution >= 4 is 44.7 Å². The Morgan fingerprint density at radius 1 is 0.811 bits per heavy atom. The summed E-state index contributed by atoms with van der Waals surface area (Å²) < 4.78 is 26.2. The molecule has 1 heterocycles. The van der Waals surface area contributed by atoms with Crippen LogP contribution in [0.2, 0.25) is 21.7 Å². The van der Waals surface area contributed by atoms with Crippen LogP contribution in [0.15, 0.2) is 108 Å². The third kappa shape index (κ3) is 6.50. The monoisotopic (exact) mass is 768 g/mol. The number of rotatable bonds is 12. The molecule has 1 aliphatic carbocycles. The number of thioether (sulfide) groups is 1. The van der Waals surface area contributed by atoms with Gasteiger partial charge >= 0.3 is 5.97 Å². The van der Waals surface area contributed by atoms with Crippen LogP contribution in [0.4, 0.5) is 0 Å². The molecule has 2 aliphatic rings. The third-order valence-electron chi connectivity index (χ3n) is 11.7. The molecular formula is C44H56O6SSi2. The summed E-state index contributed by atoms with van der Waals surface area (Å²) in [7, 11) is -4.11. The molecule has 0 unspecified atom stereocenters. The highest BCUT2D eigenvalue weighted by Gasteiger charge is 2.67. The highest BCUT2D eigenvalue weighted by Crippen LogP contribution is 2.63. The number of carbonyl (C=O) groups excluding carboxylic acids is 1. The first-order valence-corrected chi connectivity index (χ1v) is 23.8. The van der Waals surface area contributed by atoms with Crippen molar-refractivity contribution < 1.29 is 28.2 Å². The molecule has 0 aromatic heterocycles. The van der Waals surface area contributed by atoms with Gasteiger partial charge in [0, 0.05) is 16.5 Å². The fourth-order valence-corrected chi connectivity index (χ4v) is 20.7. The van der Waals surface area contributed by atoms with Gasteiger partial charge in [-0.1, -0.05) is 141 Å². The Kier molecular flexibility index (Phi) is 11.2. The van der Waals surface area contributed by atoms with E-state index in [0.717, 1.165) is 20.8 Å². The average Bonchev–Trinajstić information content (AvgIpc) is 3.46. The van der Waals surface area contributed by atoms with E-state index in [1.165, 1.54) is 11.8 Å². The number of carbonyl (C=O) groups is 1. The number of hydrogen-bond donors (Lipinski definition) is 1. The maximum absolute atomic E-state index is 14.5. The van der Waals surface area contributed by atoms with E-state index >= 15 is 0 Å². The lowest BCUT2D eigenvalue weighted by Crippen LogP contribution is -2.68. The van der Waals surface area contributed by atoms with Crippen molar-refractivity contribution in [3.05, 3.63) is 114 Å². The van der Waals surface area contributed by atoms with Crippen LogP contribution < -0.4 is 19.5 Å². The van der Waals surface area contributed by atoms with Gasteiger partial charge in [0.25, 0.3) is 16.6 Å². The van der Waals surface area contributed by atoms with Crippen LogP contribution in [0.1, 0.15) is 85.6 Å². The number of aliphatic hydroxyl groups is 1. The maximum atomic E-state index is 14.5. The normalized spacial score (nSPS) is 21.8. The molecule has 0 radical (unpaired) electrons. The fourth-order valence-electron chi connectivity index (χ4n) is 9.39. The predicted octanol–water partition coefficient (Wildman–Crippen LogP) is 9.62. The second kappa shape index (κ2) is 15.1. The summed E-state index contributed by atoms with van der Waals surface area (Å²) in [5, 5.41) is 14.9. The highest BCUT2D eigenvalue weighted by atomic mass is 32.2. The molecule has 6 rings (SSSR count). The number of hydrogen-bond acceptors (Lipinski definition) is 7. The zero-order valence-electron chi connectivity index (χ0n) is 32.9. The summed E-state index contributed by atoms with van der Waals surface area (Å²) in [6, 6.07) is 34.9. The van der Waals surface area contributed by atoms with Crippen LogP contribution >= 0.6 is 11.8 Å². The molecular weight excluding hydrogens is 713 g/mol. The van der Waals surface area contributed by atoms with Crippen LogP contribution in [0.3, 0.4) is 0 Å². The molecule has 1 saturated heterocycles. The van der Waals surface area contributed by atoms with Crippen molar-refractivity contribution in [1.82, 2.24) is 0 Å². The van der Waals surface area contributed by atoms with Gasteiger partial charge in [-0.15, -0.1) is 11.8 Å². The van der Waals surface area contributed by atoms with Crippen molar-refractivity contribution in [2.24, 2.45) is 5.92 Å². The second-order valence-corrected chi connectivity index (χ2v) is 27.5. The predicted molar refractivity (Wildman–Crippen MR) is 221 cm³/mol. The summed E-state index contributed by atoms with van der Waals surface area (Å²) in [6.07, 6.45) is -1.91. The summed E-state index contributed by atoms with van der Waals surface area (Å²) in [5.41, 5.74) is 2.18. The number of ether oxygens (including phenoxy) is 2. The molecule has 9 heteroatoms. The number of cyclic esters (lactones) is 1. The van der Waals surface area contributed by atoms with Crippen LogP contribution in [0, 0.1) is 5.92 Å². The topological polar surface area (TPSA) is 74.2 Å². The van der Waals surface area contributed by atoms with Gasteiger partial charge in [-0.05, 0) is 55.8 Å². The van der Waals surface area contributed by atoms with Gasteiger partial charge in [0.1, 0.15) is 17.6 Å². The zero-order chi connectivity index (χ0) is 38.3. The molecule has 4 aromatic rings. The first-order valence-electron chi connectivity index (χ1n) is 18.9. The smallest absolute Gasteiger partial charge is 0.326 e. The highest BCUT2D eigenvalue weighted by molar-refractivity contribution is 8.01. The molecule has 282 valence electrons.